The van der Waals surface area contributed by atoms with E-state index in [9.17, 15) is 9.59 Å². The van der Waals surface area contributed by atoms with Gasteiger partial charge in [-0.3, -0.25) is 4.79 Å². The number of hydrogen-bond donors (Lipinski definition) is 1. The minimum atomic E-state index is -0.536. The van der Waals surface area contributed by atoms with Crippen LogP contribution in [0.3, 0.4) is 0 Å². The molecule has 5 nitrogen and oxygen atoms in total. The molecule has 2 aromatic carbocycles. The van der Waals surface area contributed by atoms with Gasteiger partial charge in [0.1, 0.15) is 5.75 Å². The molecule has 1 amide bonds. The molecule has 0 saturated carbocycles. The predicted molar refractivity (Wildman–Crippen MR) is 88.4 cm³/mol. The maximum Gasteiger partial charge on any atom is 0.339 e. The van der Waals surface area contributed by atoms with E-state index >= 15 is 0 Å². The summed E-state index contributed by atoms with van der Waals surface area (Å²) in [4.78, 5) is 24.2. The Morgan fingerprint density at radius 3 is 2.57 bits per heavy atom. The summed E-state index contributed by atoms with van der Waals surface area (Å²) >= 11 is 5.99. The van der Waals surface area contributed by atoms with Crippen molar-refractivity contribution in [3.05, 3.63) is 58.6 Å². The van der Waals surface area contributed by atoms with Gasteiger partial charge in [-0.25, -0.2) is 4.79 Å². The Morgan fingerprint density at radius 1 is 1.13 bits per heavy atom. The molecule has 0 radical (unpaired) electrons. The van der Waals surface area contributed by atoms with Crippen molar-refractivity contribution in [2.75, 3.05) is 19.0 Å². The third kappa shape index (κ3) is 4.02. The number of nitrogens with one attached hydrogen (secondary N) is 1. The number of hydrogen-bond acceptors (Lipinski definition) is 4. The lowest BCUT2D eigenvalue weighted by Crippen LogP contribution is -2.14. The molecular weight excluding hydrogens is 318 g/mol. The van der Waals surface area contributed by atoms with Gasteiger partial charge in [0.05, 0.1) is 29.9 Å². The minimum absolute atomic E-state index is 0.200. The van der Waals surface area contributed by atoms with Crippen LogP contribution in [-0.4, -0.2) is 25.6 Å². The zero-order chi connectivity index (χ0) is 16.8. The van der Waals surface area contributed by atoms with E-state index in [0.29, 0.717) is 17.0 Å². The van der Waals surface area contributed by atoms with Gasteiger partial charge in [-0.15, -0.1) is 0 Å². The topological polar surface area (TPSA) is 64.6 Å². The molecule has 2 aromatic rings. The zero-order valence-electron chi connectivity index (χ0n) is 12.8. The van der Waals surface area contributed by atoms with Crippen LogP contribution in [0, 0.1) is 0 Å². The number of halogens is 1. The number of esters is 1. The predicted octanol–water partition coefficient (Wildman–Crippen LogP) is 3.78. The summed E-state index contributed by atoms with van der Waals surface area (Å²) in [6.07, 6.45) is 0. The van der Waals surface area contributed by atoms with Gasteiger partial charge in [-0.1, -0.05) is 23.7 Å². The van der Waals surface area contributed by atoms with E-state index in [0.717, 1.165) is 0 Å². The molecule has 0 heterocycles. The number of benzene rings is 2. The van der Waals surface area contributed by atoms with Gasteiger partial charge in [-0.2, -0.15) is 0 Å². The SMILES string of the molecule is CCOC(=O)c1cc(NC(=O)c2ccccc2OC)ccc1Cl. The lowest BCUT2D eigenvalue weighted by atomic mass is 10.1. The summed E-state index contributed by atoms with van der Waals surface area (Å²) in [5, 5.41) is 2.97. The average Bonchev–Trinajstić information content (AvgIpc) is 2.56. The highest BCUT2D eigenvalue weighted by atomic mass is 35.5. The normalized spacial score (nSPS) is 10.0. The van der Waals surface area contributed by atoms with Gasteiger partial charge < -0.3 is 14.8 Å². The number of carbonyl (C=O) groups is 2. The van der Waals surface area contributed by atoms with Crippen LogP contribution in [0.5, 0.6) is 5.75 Å². The number of ether oxygens (including phenoxy) is 2. The molecule has 6 heteroatoms. The molecule has 0 spiro atoms. The summed E-state index contributed by atoms with van der Waals surface area (Å²) in [5.41, 5.74) is 1.03. The number of carbonyl (C=O) groups excluding carboxylic acids is 2. The molecule has 0 unspecified atom stereocenters. The number of methoxy groups -OCH3 is 1. The lowest BCUT2D eigenvalue weighted by Gasteiger charge is -2.11. The maximum absolute atomic E-state index is 12.3. The molecule has 0 aliphatic carbocycles. The van der Waals surface area contributed by atoms with Crippen molar-refractivity contribution >= 4 is 29.2 Å². The molecule has 120 valence electrons. The van der Waals surface area contributed by atoms with Crippen LogP contribution in [0.15, 0.2) is 42.5 Å². The van der Waals surface area contributed by atoms with Gasteiger partial charge >= 0.3 is 5.97 Å². The molecule has 23 heavy (non-hydrogen) atoms. The van der Waals surface area contributed by atoms with Crippen LogP contribution in [0.2, 0.25) is 5.02 Å². The second-order valence-corrected chi connectivity index (χ2v) is 4.98. The van der Waals surface area contributed by atoms with Crippen molar-refractivity contribution < 1.29 is 19.1 Å². The second-order valence-electron chi connectivity index (χ2n) is 4.57. The highest BCUT2D eigenvalue weighted by Crippen LogP contribution is 2.23. The third-order valence-corrected chi connectivity index (χ3v) is 3.40. The van der Waals surface area contributed by atoms with E-state index in [1.807, 2.05) is 0 Å². The number of amides is 1. The van der Waals surface area contributed by atoms with Gasteiger partial charge in [0.2, 0.25) is 0 Å². The van der Waals surface area contributed by atoms with Crippen LogP contribution in [0.4, 0.5) is 5.69 Å². The Morgan fingerprint density at radius 2 is 1.87 bits per heavy atom. The molecular formula is C17H16ClNO4. The first-order valence-corrected chi connectivity index (χ1v) is 7.35. The van der Waals surface area contributed by atoms with Crippen molar-refractivity contribution in [3.8, 4) is 5.75 Å². The van der Waals surface area contributed by atoms with Crippen molar-refractivity contribution in [1.29, 1.82) is 0 Å². The molecule has 0 atom stereocenters. The largest absolute Gasteiger partial charge is 0.496 e. The first-order chi connectivity index (χ1) is 11.1. The van der Waals surface area contributed by atoms with Gasteiger partial charge in [-0.05, 0) is 37.3 Å². The van der Waals surface area contributed by atoms with E-state index in [4.69, 9.17) is 21.1 Å². The zero-order valence-corrected chi connectivity index (χ0v) is 13.5. The monoisotopic (exact) mass is 333 g/mol. The molecule has 0 bridgehead atoms. The van der Waals surface area contributed by atoms with Crippen LogP contribution in [-0.2, 0) is 4.74 Å². The van der Waals surface area contributed by atoms with Gasteiger partial charge in [0.15, 0.2) is 0 Å². The highest BCUT2D eigenvalue weighted by Gasteiger charge is 2.15. The fourth-order valence-corrected chi connectivity index (χ4v) is 2.19. The standard InChI is InChI=1S/C17H16ClNO4/c1-3-23-17(21)13-10-11(8-9-14(13)18)19-16(20)12-6-4-5-7-15(12)22-2/h4-10H,3H2,1-2H3,(H,19,20). The molecule has 1 N–H and O–H groups in total. The Kier molecular flexibility index (Phi) is 5.60. The summed E-state index contributed by atoms with van der Waals surface area (Å²) in [5.74, 6) is -0.421. The second kappa shape index (κ2) is 7.65. The summed E-state index contributed by atoms with van der Waals surface area (Å²) in [6.45, 7) is 1.95. The van der Waals surface area contributed by atoms with E-state index < -0.39 is 5.97 Å². The first kappa shape index (κ1) is 16.8. The van der Waals surface area contributed by atoms with Crippen molar-refractivity contribution in [2.45, 2.75) is 6.92 Å². The first-order valence-electron chi connectivity index (χ1n) is 6.97. The molecule has 0 fully saturated rings. The number of rotatable bonds is 5. The Bertz CT molecular complexity index is 730. The van der Waals surface area contributed by atoms with Crippen LogP contribution in [0.25, 0.3) is 0 Å². The molecule has 0 aromatic heterocycles. The Balaban J connectivity index is 2.25. The van der Waals surface area contributed by atoms with E-state index in [1.54, 1.807) is 37.3 Å². The van der Waals surface area contributed by atoms with Crippen LogP contribution in [0.1, 0.15) is 27.6 Å². The fourth-order valence-electron chi connectivity index (χ4n) is 2.00. The Labute approximate surface area is 139 Å². The van der Waals surface area contributed by atoms with Crippen molar-refractivity contribution in [3.63, 3.8) is 0 Å². The summed E-state index contributed by atoms with van der Waals surface area (Å²) < 4.78 is 10.1. The van der Waals surface area contributed by atoms with Gasteiger partial charge in [0.25, 0.3) is 5.91 Å². The molecule has 0 saturated heterocycles. The number of anilines is 1. The lowest BCUT2D eigenvalue weighted by molar-refractivity contribution is 0.0526. The summed E-state index contributed by atoms with van der Waals surface area (Å²) in [7, 11) is 1.49. The molecule has 2 rings (SSSR count). The van der Waals surface area contributed by atoms with Crippen molar-refractivity contribution in [1.82, 2.24) is 0 Å². The van der Waals surface area contributed by atoms with Crippen molar-refractivity contribution in [2.24, 2.45) is 0 Å². The number of para-hydroxylation sites is 1. The molecule has 0 aliphatic heterocycles. The quantitative estimate of drug-likeness (QED) is 0.846. The smallest absolute Gasteiger partial charge is 0.339 e. The summed E-state index contributed by atoms with van der Waals surface area (Å²) in [6, 6.07) is 11.5. The third-order valence-electron chi connectivity index (χ3n) is 3.07. The van der Waals surface area contributed by atoms with Crippen LogP contribution >= 0.6 is 11.6 Å². The van der Waals surface area contributed by atoms with E-state index in [2.05, 4.69) is 5.32 Å². The Hall–Kier alpha value is -2.53. The minimum Gasteiger partial charge on any atom is -0.496 e. The maximum atomic E-state index is 12.3. The highest BCUT2D eigenvalue weighted by molar-refractivity contribution is 6.33. The average molecular weight is 334 g/mol. The van der Waals surface area contributed by atoms with Crippen LogP contribution < -0.4 is 10.1 Å². The van der Waals surface area contributed by atoms with E-state index in [1.165, 1.54) is 19.2 Å². The molecule has 0 aliphatic rings. The van der Waals surface area contributed by atoms with E-state index in [-0.39, 0.29) is 23.1 Å². The fraction of sp³-hybridized carbons (Fsp3) is 0.176. The van der Waals surface area contributed by atoms with Gasteiger partial charge in [0, 0.05) is 5.69 Å².